The molecule has 2 aliphatic rings. The zero-order valence-electron chi connectivity index (χ0n) is 15.7. The fourth-order valence-electron chi connectivity index (χ4n) is 3.44. The summed E-state index contributed by atoms with van der Waals surface area (Å²) in [5.74, 6) is 1.88. The van der Waals surface area contributed by atoms with Gasteiger partial charge in [0, 0.05) is 12.0 Å². The van der Waals surface area contributed by atoms with Crippen LogP contribution >= 0.6 is 0 Å². The average molecular weight is 388 g/mol. The fourth-order valence-corrected chi connectivity index (χ4v) is 4.57. The molecule has 0 unspecified atom stereocenters. The van der Waals surface area contributed by atoms with Crippen molar-refractivity contribution in [3.8, 4) is 11.5 Å². The standard InChI is InChI=1S/C21H25NO4S/c1-15(2)16-3-6-18(7-4-16)27(23,24)22-14-21(9-10-21)17-5-8-19-20(13-17)26-12-11-25-19/h3-8,13,15,22H,9-12,14H2,1-2H3. The van der Waals surface area contributed by atoms with Crippen LogP contribution in [0.4, 0.5) is 0 Å². The molecule has 0 saturated heterocycles. The maximum Gasteiger partial charge on any atom is 0.240 e. The van der Waals surface area contributed by atoms with Crippen molar-refractivity contribution in [1.82, 2.24) is 4.72 Å². The van der Waals surface area contributed by atoms with Crippen LogP contribution in [0.2, 0.25) is 0 Å². The average Bonchev–Trinajstić information content (AvgIpc) is 3.47. The van der Waals surface area contributed by atoms with E-state index in [9.17, 15) is 8.42 Å². The summed E-state index contributed by atoms with van der Waals surface area (Å²) in [6.07, 6.45) is 1.92. The minimum absolute atomic E-state index is 0.152. The number of hydrogen-bond acceptors (Lipinski definition) is 4. The van der Waals surface area contributed by atoms with Crippen molar-refractivity contribution in [2.45, 2.75) is 42.9 Å². The van der Waals surface area contributed by atoms with Gasteiger partial charge in [0.15, 0.2) is 11.5 Å². The highest BCUT2D eigenvalue weighted by Gasteiger charge is 2.45. The lowest BCUT2D eigenvalue weighted by Gasteiger charge is -2.22. The molecule has 0 radical (unpaired) electrons. The maximum atomic E-state index is 12.7. The second-order valence-corrected chi connectivity index (χ2v) is 9.45. The van der Waals surface area contributed by atoms with Crippen LogP contribution in [0, 0.1) is 0 Å². The summed E-state index contributed by atoms with van der Waals surface area (Å²) in [5, 5.41) is 0. The smallest absolute Gasteiger partial charge is 0.240 e. The summed E-state index contributed by atoms with van der Waals surface area (Å²) in [4.78, 5) is 0.310. The molecule has 0 spiro atoms. The van der Waals surface area contributed by atoms with Crippen LogP contribution in [0.1, 0.15) is 43.7 Å². The maximum absolute atomic E-state index is 12.7. The minimum Gasteiger partial charge on any atom is -0.486 e. The molecule has 1 aliphatic heterocycles. The van der Waals surface area contributed by atoms with E-state index < -0.39 is 10.0 Å². The lowest BCUT2D eigenvalue weighted by molar-refractivity contribution is 0.171. The zero-order chi connectivity index (χ0) is 19.1. The van der Waals surface area contributed by atoms with Gasteiger partial charge in [-0.2, -0.15) is 0 Å². The van der Waals surface area contributed by atoms with Gasteiger partial charge in [0.2, 0.25) is 10.0 Å². The highest BCUT2D eigenvalue weighted by molar-refractivity contribution is 7.89. The number of nitrogens with one attached hydrogen (secondary N) is 1. The minimum atomic E-state index is -3.53. The molecule has 1 heterocycles. The molecule has 6 heteroatoms. The van der Waals surface area contributed by atoms with Crippen molar-refractivity contribution >= 4 is 10.0 Å². The van der Waals surface area contributed by atoms with Crippen LogP contribution in [0.15, 0.2) is 47.4 Å². The molecule has 144 valence electrons. The second-order valence-electron chi connectivity index (χ2n) is 7.69. The molecule has 1 fully saturated rings. The van der Waals surface area contributed by atoms with Crippen LogP contribution in [0.5, 0.6) is 11.5 Å². The Morgan fingerprint density at radius 2 is 1.67 bits per heavy atom. The van der Waals surface area contributed by atoms with Crippen LogP contribution in [-0.2, 0) is 15.4 Å². The molecular weight excluding hydrogens is 362 g/mol. The van der Waals surface area contributed by atoms with E-state index in [0.717, 1.165) is 35.5 Å². The monoisotopic (exact) mass is 387 g/mol. The Balaban J connectivity index is 1.49. The normalized spacial score (nSPS) is 17.7. The Morgan fingerprint density at radius 1 is 1.00 bits per heavy atom. The number of fused-ring (bicyclic) bond motifs is 1. The van der Waals surface area contributed by atoms with Crippen molar-refractivity contribution in [1.29, 1.82) is 0 Å². The number of hydrogen-bond donors (Lipinski definition) is 1. The SMILES string of the molecule is CC(C)c1ccc(S(=O)(=O)NCC2(c3ccc4c(c3)OCCO4)CC2)cc1. The first-order chi connectivity index (χ1) is 12.9. The Kier molecular flexibility index (Phi) is 4.64. The molecule has 0 amide bonds. The van der Waals surface area contributed by atoms with Gasteiger partial charge < -0.3 is 9.47 Å². The van der Waals surface area contributed by atoms with E-state index in [1.54, 1.807) is 12.1 Å². The molecule has 1 N–H and O–H groups in total. The third kappa shape index (κ3) is 3.69. The molecule has 2 aromatic carbocycles. The van der Waals surface area contributed by atoms with Gasteiger partial charge in [0.05, 0.1) is 4.90 Å². The van der Waals surface area contributed by atoms with E-state index >= 15 is 0 Å². The number of ether oxygens (including phenoxy) is 2. The van der Waals surface area contributed by atoms with E-state index in [-0.39, 0.29) is 5.41 Å². The summed E-state index contributed by atoms with van der Waals surface area (Å²) >= 11 is 0. The van der Waals surface area contributed by atoms with Crippen LogP contribution < -0.4 is 14.2 Å². The molecule has 4 rings (SSSR count). The van der Waals surface area contributed by atoms with E-state index in [1.165, 1.54) is 0 Å². The molecule has 0 aromatic heterocycles. The van der Waals surface area contributed by atoms with E-state index in [4.69, 9.17) is 9.47 Å². The van der Waals surface area contributed by atoms with Gasteiger partial charge >= 0.3 is 0 Å². The fraction of sp³-hybridized carbons (Fsp3) is 0.429. The van der Waals surface area contributed by atoms with Crippen molar-refractivity contribution in [2.24, 2.45) is 0 Å². The second kappa shape index (κ2) is 6.84. The molecule has 5 nitrogen and oxygen atoms in total. The predicted molar refractivity (Wildman–Crippen MR) is 104 cm³/mol. The van der Waals surface area contributed by atoms with Crippen molar-refractivity contribution in [2.75, 3.05) is 19.8 Å². The topological polar surface area (TPSA) is 64.6 Å². The lowest BCUT2D eigenvalue weighted by Crippen LogP contribution is -2.32. The first kappa shape index (κ1) is 18.3. The third-order valence-electron chi connectivity index (χ3n) is 5.47. The van der Waals surface area contributed by atoms with Gasteiger partial charge in [0.1, 0.15) is 13.2 Å². The molecule has 0 atom stereocenters. The van der Waals surface area contributed by atoms with Crippen LogP contribution in [0.25, 0.3) is 0 Å². The zero-order valence-corrected chi connectivity index (χ0v) is 16.5. The molecular formula is C21H25NO4S. The van der Waals surface area contributed by atoms with Gasteiger partial charge in [-0.05, 0) is 54.2 Å². The molecule has 1 saturated carbocycles. The third-order valence-corrected chi connectivity index (χ3v) is 6.88. The van der Waals surface area contributed by atoms with E-state index in [2.05, 4.69) is 18.6 Å². The Bertz CT molecular complexity index is 931. The molecule has 2 aromatic rings. The highest BCUT2D eigenvalue weighted by atomic mass is 32.2. The Labute approximate surface area is 160 Å². The van der Waals surface area contributed by atoms with Crippen LogP contribution in [0.3, 0.4) is 0 Å². The van der Waals surface area contributed by atoms with Crippen LogP contribution in [-0.4, -0.2) is 28.2 Å². The summed E-state index contributed by atoms with van der Waals surface area (Å²) in [7, 11) is -3.53. The number of benzene rings is 2. The first-order valence-corrected chi connectivity index (χ1v) is 10.9. The quantitative estimate of drug-likeness (QED) is 0.823. The summed E-state index contributed by atoms with van der Waals surface area (Å²) in [6, 6.07) is 13.1. The summed E-state index contributed by atoms with van der Waals surface area (Å²) in [6.45, 7) is 5.67. The van der Waals surface area contributed by atoms with Gasteiger partial charge in [-0.3, -0.25) is 0 Å². The summed E-state index contributed by atoms with van der Waals surface area (Å²) in [5.41, 5.74) is 2.08. The van der Waals surface area contributed by atoms with Gasteiger partial charge in [-0.25, -0.2) is 13.1 Å². The van der Waals surface area contributed by atoms with Crippen molar-refractivity contribution in [3.05, 3.63) is 53.6 Å². The van der Waals surface area contributed by atoms with Gasteiger partial charge in [-0.15, -0.1) is 0 Å². The van der Waals surface area contributed by atoms with Crippen molar-refractivity contribution < 1.29 is 17.9 Å². The van der Waals surface area contributed by atoms with E-state index in [0.29, 0.717) is 30.6 Å². The molecule has 27 heavy (non-hydrogen) atoms. The Hall–Kier alpha value is -2.05. The predicted octanol–water partition coefficient (Wildman–Crippen LogP) is 3.59. The number of rotatable bonds is 6. The first-order valence-electron chi connectivity index (χ1n) is 9.39. The number of sulfonamides is 1. The summed E-state index contributed by atoms with van der Waals surface area (Å²) < 4.78 is 39.4. The lowest BCUT2D eigenvalue weighted by atomic mass is 9.96. The molecule has 0 bridgehead atoms. The van der Waals surface area contributed by atoms with Gasteiger partial charge in [0.25, 0.3) is 0 Å². The molecule has 1 aliphatic carbocycles. The van der Waals surface area contributed by atoms with Crippen molar-refractivity contribution in [3.63, 3.8) is 0 Å². The largest absolute Gasteiger partial charge is 0.486 e. The van der Waals surface area contributed by atoms with Gasteiger partial charge in [-0.1, -0.05) is 32.0 Å². The Morgan fingerprint density at radius 3 is 2.30 bits per heavy atom. The highest BCUT2D eigenvalue weighted by Crippen LogP contribution is 2.49. The van der Waals surface area contributed by atoms with E-state index in [1.807, 2.05) is 30.3 Å².